The first-order valence-corrected chi connectivity index (χ1v) is 7.18. The van der Waals surface area contributed by atoms with Crippen LogP contribution in [0.5, 0.6) is 0 Å². The summed E-state index contributed by atoms with van der Waals surface area (Å²) >= 11 is 0. The van der Waals surface area contributed by atoms with E-state index in [0.29, 0.717) is 12.0 Å². The van der Waals surface area contributed by atoms with Gasteiger partial charge in [-0.3, -0.25) is 0 Å². The van der Waals surface area contributed by atoms with Crippen molar-refractivity contribution in [1.29, 1.82) is 0 Å². The molecule has 2 aliphatic rings. The summed E-state index contributed by atoms with van der Waals surface area (Å²) in [5.41, 5.74) is 0. The number of hydrogen-bond acceptors (Lipinski definition) is 3. The van der Waals surface area contributed by atoms with Crippen LogP contribution in [0.2, 0.25) is 0 Å². The molecule has 0 spiro atoms. The van der Waals surface area contributed by atoms with E-state index in [-0.39, 0.29) is 6.03 Å². The molecule has 0 bridgehead atoms. The molecule has 2 atom stereocenters. The zero-order chi connectivity index (χ0) is 12.8. The van der Waals surface area contributed by atoms with Crippen molar-refractivity contribution < 1.29 is 4.79 Å². The lowest BCUT2D eigenvalue weighted by Crippen LogP contribution is -2.47. The van der Waals surface area contributed by atoms with Gasteiger partial charge in [-0.05, 0) is 51.9 Å². The molecule has 2 rings (SSSR count). The van der Waals surface area contributed by atoms with Crippen LogP contribution in [0.25, 0.3) is 0 Å². The van der Waals surface area contributed by atoms with Crippen LogP contribution in [0.15, 0.2) is 0 Å². The molecule has 2 aliphatic heterocycles. The summed E-state index contributed by atoms with van der Waals surface area (Å²) in [5.74, 6) is 0.605. The van der Waals surface area contributed by atoms with Gasteiger partial charge in [0.2, 0.25) is 0 Å². The number of carbonyl (C=O) groups is 1. The highest BCUT2D eigenvalue weighted by atomic mass is 16.2. The molecule has 0 aromatic heterocycles. The summed E-state index contributed by atoms with van der Waals surface area (Å²) in [6.45, 7) is 4.83. The van der Waals surface area contributed by atoms with Gasteiger partial charge in [-0.15, -0.1) is 0 Å². The number of amides is 2. The Kier molecular flexibility index (Phi) is 5.26. The van der Waals surface area contributed by atoms with Gasteiger partial charge in [-0.2, -0.15) is 0 Å². The normalized spacial score (nSPS) is 29.2. The first-order chi connectivity index (χ1) is 8.75. The Morgan fingerprint density at radius 3 is 2.83 bits per heavy atom. The number of carbonyl (C=O) groups excluding carboxylic acids is 1. The summed E-state index contributed by atoms with van der Waals surface area (Å²) in [4.78, 5) is 14.0. The van der Waals surface area contributed by atoms with Crippen molar-refractivity contribution >= 4 is 6.03 Å². The van der Waals surface area contributed by atoms with Crippen LogP contribution in [0, 0.1) is 5.92 Å². The maximum absolute atomic E-state index is 11.7. The van der Waals surface area contributed by atoms with E-state index >= 15 is 0 Å². The van der Waals surface area contributed by atoms with E-state index in [1.54, 1.807) is 0 Å². The molecule has 0 saturated carbocycles. The fourth-order valence-corrected chi connectivity index (χ4v) is 2.80. The second kappa shape index (κ2) is 6.95. The molecule has 2 amide bonds. The highest BCUT2D eigenvalue weighted by Crippen LogP contribution is 2.13. The summed E-state index contributed by atoms with van der Waals surface area (Å²) in [6, 6.07) is 0.499. The summed E-state index contributed by atoms with van der Waals surface area (Å²) in [6.07, 6.45) is 4.94. The average Bonchev–Trinajstić information content (AvgIpc) is 2.88. The summed E-state index contributed by atoms with van der Waals surface area (Å²) in [7, 11) is 2.15. The van der Waals surface area contributed by atoms with Gasteiger partial charge in [-0.1, -0.05) is 6.42 Å². The molecule has 104 valence electrons. The third kappa shape index (κ3) is 4.14. The summed E-state index contributed by atoms with van der Waals surface area (Å²) < 4.78 is 0. The van der Waals surface area contributed by atoms with Crippen molar-refractivity contribution in [3.63, 3.8) is 0 Å². The Bertz CT molecular complexity index is 266. The minimum atomic E-state index is -0.0131. The third-order valence-electron chi connectivity index (χ3n) is 4.13. The van der Waals surface area contributed by atoms with E-state index in [2.05, 4.69) is 27.9 Å². The SMILES string of the molecule is CN1CCCCC1CNC(=O)NCC1CCNC1. The number of nitrogens with zero attached hydrogens (tertiary/aromatic N) is 1. The van der Waals surface area contributed by atoms with E-state index in [9.17, 15) is 4.79 Å². The van der Waals surface area contributed by atoms with Gasteiger partial charge in [-0.25, -0.2) is 4.79 Å². The molecule has 5 heteroatoms. The molecule has 0 radical (unpaired) electrons. The summed E-state index contributed by atoms with van der Waals surface area (Å²) in [5, 5.41) is 9.27. The molecule has 3 N–H and O–H groups in total. The van der Waals surface area contributed by atoms with Crippen molar-refractivity contribution in [3.05, 3.63) is 0 Å². The van der Waals surface area contributed by atoms with E-state index < -0.39 is 0 Å². The van der Waals surface area contributed by atoms with Crippen molar-refractivity contribution in [2.24, 2.45) is 5.92 Å². The molecular formula is C13H26N4O. The van der Waals surface area contributed by atoms with Crippen LogP contribution >= 0.6 is 0 Å². The minimum absolute atomic E-state index is 0.0131. The molecule has 0 aliphatic carbocycles. The predicted molar refractivity (Wildman–Crippen MR) is 72.6 cm³/mol. The largest absolute Gasteiger partial charge is 0.338 e. The van der Waals surface area contributed by atoms with E-state index in [0.717, 1.165) is 32.7 Å². The molecular weight excluding hydrogens is 228 g/mol. The molecule has 2 saturated heterocycles. The lowest BCUT2D eigenvalue weighted by molar-refractivity contribution is 0.180. The number of nitrogens with one attached hydrogen (secondary N) is 3. The number of rotatable bonds is 4. The average molecular weight is 254 g/mol. The second-order valence-electron chi connectivity index (χ2n) is 5.58. The van der Waals surface area contributed by atoms with Crippen molar-refractivity contribution in [3.8, 4) is 0 Å². The molecule has 2 fully saturated rings. The maximum atomic E-state index is 11.7. The van der Waals surface area contributed by atoms with Crippen molar-refractivity contribution in [2.45, 2.75) is 31.7 Å². The quantitative estimate of drug-likeness (QED) is 0.680. The van der Waals surface area contributed by atoms with Crippen molar-refractivity contribution in [2.75, 3.05) is 39.8 Å². The van der Waals surface area contributed by atoms with Gasteiger partial charge in [0.1, 0.15) is 0 Å². The first kappa shape index (κ1) is 13.6. The number of hydrogen-bond donors (Lipinski definition) is 3. The van der Waals surface area contributed by atoms with Crippen molar-refractivity contribution in [1.82, 2.24) is 20.9 Å². The van der Waals surface area contributed by atoms with Gasteiger partial charge in [0.25, 0.3) is 0 Å². The topological polar surface area (TPSA) is 56.4 Å². The number of likely N-dealkylation sites (tertiary alicyclic amines) is 1. The smallest absolute Gasteiger partial charge is 0.314 e. The molecule has 0 aromatic carbocycles. The highest BCUT2D eigenvalue weighted by molar-refractivity contribution is 5.73. The Hall–Kier alpha value is -0.810. The lowest BCUT2D eigenvalue weighted by Gasteiger charge is -2.32. The number of piperidine rings is 1. The van der Waals surface area contributed by atoms with E-state index in [1.807, 2.05) is 0 Å². The number of likely N-dealkylation sites (N-methyl/N-ethyl adjacent to an activating group) is 1. The monoisotopic (exact) mass is 254 g/mol. The Morgan fingerprint density at radius 2 is 2.11 bits per heavy atom. The molecule has 2 unspecified atom stereocenters. The lowest BCUT2D eigenvalue weighted by atomic mass is 10.0. The third-order valence-corrected chi connectivity index (χ3v) is 4.13. The zero-order valence-electron chi connectivity index (χ0n) is 11.4. The molecule has 18 heavy (non-hydrogen) atoms. The van der Waals surface area contributed by atoms with Crippen LogP contribution in [-0.4, -0.2) is 56.7 Å². The standard InChI is InChI=1S/C13H26N4O/c1-17-7-3-2-4-12(17)10-16-13(18)15-9-11-5-6-14-8-11/h11-12,14H,2-10H2,1H3,(H2,15,16,18). The van der Waals surface area contributed by atoms with Crippen LogP contribution in [0.4, 0.5) is 4.79 Å². The molecule has 2 heterocycles. The predicted octanol–water partition coefficient (Wildman–Crippen LogP) is 0.379. The second-order valence-corrected chi connectivity index (χ2v) is 5.58. The van der Waals surface area contributed by atoms with E-state index in [1.165, 1.54) is 25.7 Å². The molecule has 0 aromatic rings. The highest BCUT2D eigenvalue weighted by Gasteiger charge is 2.19. The van der Waals surface area contributed by atoms with Gasteiger partial charge >= 0.3 is 6.03 Å². The van der Waals surface area contributed by atoms with Crippen LogP contribution in [-0.2, 0) is 0 Å². The Balaban J connectivity index is 1.58. The van der Waals surface area contributed by atoms with Crippen LogP contribution < -0.4 is 16.0 Å². The van der Waals surface area contributed by atoms with Gasteiger partial charge in [0, 0.05) is 19.1 Å². The maximum Gasteiger partial charge on any atom is 0.314 e. The van der Waals surface area contributed by atoms with Gasteiger partial charge in [0.15, 0.2) is 0 Å². The molecule has 5 nitrogen and oxygen atoms in total. The number of urea groups is 1. The van der Waals surface area contributed by atoms with Crippen LogP contribution in [0.1, 0.15) is 25.7 Å². The first-order valence-electron chi connectivity index (χ1n) is 7.18. The fourth-order valence-electron chi connectivity index (χ4n) is 2.80. The minimum Gasteiger partial charge on any atom is -0.338 e. The van der Waals surface area contributed by atoms with Gasteiger partial charge in [0.05, 0.1) is 0 Å². The Labute approximate surface area is 110 Å². The van der Waals surface area contributed by atoms with Gasteiger partial charge < -0.3 is 20.9 Å². The Morgan fingerprint density at radius 1 is 1.28 bits per heavy atom. The van der Waals surface area contributed by atoms with E-state index in [4.69, 9.17) is 0 Å². The zero-order valence-corrected chi connectivity index (χ0v) is 11.4. The van der Waals surface area contributed by atoms with Crippen LogP contribution in [0.3, 0.4) is 0 Å². The fraction of sp³-hybridized carbons (Fsp3) is 0.923.